The minimum atomic E-state index is -0.0636. The summed E-state index contributed by atoms with van der Waals surface area (Å²) in [6.45, 7) is 3.08. The van der Waals surface area contributed by atoms with Crippen molar-refractivity contribution >= 4 is 11.6 Å². The second kappa shape index (κ2) is 6.20. The Bertz CT molecular complexity index is 657. The van der Waals surface area contributed by atoms with Gasteiger partial charge in [0.15, 0.2) is 0 Å². The van der Waals surface area contributed by atoms with Crippen molar-refractivity contribution in [1.82, 2.24) is 4.90 Å². The molecule has 3 rings (SSSR count). The number of carbonyl (C=O) groups is 1. The van der Waals surface area contributed by atoms with Gasteiger partial charge in [0.05, 0.1) is 18.8 Å². The number of carbonyl (C=O) groups excluding carboxylic acids is 1. The molecule has 1 aliphatic rings. The quantitative estimate of drug-likeness (QED) is 0.867. The Morgan fingerprint density at radius 2 is 1.95 bits per heavy atom. The maximum atomic E-state index is 12.9. The maximum absolute atomic E-state index is 12.9. The summed E-state index contributed by atoms with van der Waals surface area (Å²) in [6, 6.07) is 17.1. The zero-order valence-corrected chi connectivity index (χ0v) is 12.6. The molecule has 22 heavy (non-hydrogen) atoms. The number of amides is 1. The van der Waals surface area contributed by atoms with Gasteiger partial charge in [-0.25, -0.2) is 0 Å². The average Bonchev–Trinajstić information content (AvgIpc) is 2.55. The van der Waals surface area contributed by atoms with Crippen molar-refractivity contribution in [3.63, 3.8) is 0 Å². The van der Waals surface area contributed by atoms with E-state index in [1.807, 2.05) is 48.2 Å². The van der Waals surface area contributed by atoms with Crippen LogP contribution < -0.4 is 5.73 Å². The van der Waals surface area contributed by atoms with E-state index in [-0.39, 0.29) is 18.1 Å². The summed E-state index contributed by atoms with van der Waals surface area (Å²) in [5, 5.41) is 0. The summed E-state index contributed by atoms with van der Waals surface area (Å²) in [4.78, 5) is 14.8. The van der Waals surface area contributed by atoms with Crippen LogP contribution in [0.5, 0.6) is 0 Å². The first-order valence-corrected chi connectivity index (χ1v) is 7.48. The maximum Gasteiger partial charge on any atom is 0.254 e. The van der Waals surface area contributed by atoms with Crippen molar-refractivity contribution in [2.45, 2.75) is 19.1 Å². The number of benzene rings is 2. The van der Waals surface area contributed by atoms with E-state index >= 15 is 0 Å². The number of ether oxygens (including phenoxy) is 1. The van der Waals surface area contributed by atoms with Gasteiger partial charge in [0.25, 0.3) is 5.91 Å². The molecule has 1 saturated heterocycles. The highest BCUT2D eigenvalue weighted by Crippen LogP contribution is 2.28. The van der Waals surface area contributed by atoms with Crippen molar-refractivity contribution in [2.75, 3.05) is 18.9 Å². The van der Waals surface area contributed by atoms with E-state index in [0.29, 0.717) is 24.4 Å². The van der Waals surface area contributed by atoms with Gasteiger partial charge in [0.1, 0.15) is 0 Å². The first-order chi connectivity index (χ1) is 10.6. The Balaban J connectivity index is 1.92. The van der Waals surface area contributed by atoms with Gasteiger partial charge in [-0.15, -0.1) is 0 Å². The van der Waals surface area contributed by atoms with Crippen molar-refractivity contribution in [3.8, 4) is 0 Å². The van der Waals surface area contributed by atoms with Gasteiger partial charge in [-0.05, 0) is 30.7 Å². The molecule has 1 amide bonds. The molecule has 1 aliphatic heterocycles. The number of anilines is 1. The molecule has 4 heteroatoms. The molecule has 0 radical (unpaired) electrons. The molecule has 0 bridgehead atoms. The molecule has 0 spiro atoms. The van der Waals surface area contributed by atoms with Crippen LogP contribution in [0, 0.1) is 0 Å². The van der Waals surface area contributed by atoms with Gasteiger partial charge in [0, 0.05) is 17.8 Å². The van der Waals surface area contributed by atoms with Gasteiger partial charge in [-0.3, -0.25) is 4.79 Å². The second-order valence-corrected chi connectivity index (χ2v) is 5.65. The number of nitrogens with two attached hydrogens (primary N) is 1. The van der Waals surface area contributed by atoms with Gasteiger partial charge >= 0.3 is 0 Å². The summed E-state index contributed by atoms with van der Waals surface area (Å²) in [6.07, 6.45) is 0.0324. The highest BCUT2D eigenvalue weighted by molar-refractivity contribution is 5.95. The minimum Gasteiger partial charge on any atom is -0.399 e. The van der Waals surface area contributed by atoms with Crippen LogP contribution in [0.4, 0.5) is 5.69 Å². The standard InChI is InChI=1S/C18H20N2O2/c1-13-11-20(18(21)15-8-5-9-16(19)10-15)17(12-22-13)14-6-3-2-4-7-14/h2-10,13,17H,11-12,19H2,1H3. The Hall–Kier alpha value is -2.33. The van der Waals surface area contributed by atoms with Crippen LogP contribution in [-0.4, -0.2) is 30.1 Å². The lowest BCUT2D eigenvalue weighted by molar-refractivity contribution is -0.0447. The summed E-state index contributed by atoms with van der Waals surface area (Å²) in [7, 11) is 0. The monoisotopic (exact) mass is 296 g/mol. The third kappa shape index (κ3) is 2.97. The van der Waals surface area contributed by atoms with Crippen molar-refractivity contribution < 1.29 is 9.53 Å². The van der Waals surface area contributed by atoms with Crippen LogP contribution in [0.3, 0.4) is 0 Å². The first kappa shape index (κ1) is 14.6. The summed E-state index contributed by atoms with van der Waals surface area (Å²) in [5.41, 5.74) is 8.11. The number of hydrogen-bond donors (Lipinski definition) is 1. The van der Waals surface area contributed by atoms with Gasteiger partial charge < -0.3 is 15.4 Å². The molecule has 2 unspecified atom stereocenters. The SMILES string of the molecule is CC1CN(C(=O)c2cccc(N)c2)C(c2ccccc2)CO1. The molecule has 4 nitrogen and oxygen atoms in total. The van der Waals surface area contributed by atoms with Crippen LogP contribution in [0.15, 0.2) is 54.6 Å². The topological polar surface area (TPSA) is 55.6 Å². The summed E-state index contributed by atoms with van der Waals surface area (Å²) >= 11 is 0. The first-order valence-electron chi connectivity index (χ1n) is 7.48. The van der Waals surface area contributed by atoms with E-state index in [1.165, 1.54) is 0 Å². The third-order valence-corrected chi connectivity index (χ3v) is 3.95. The fourth-order valence-corrected chi connectivity index (χ4v) is 2.82. The second-order valence-electron chi connectivity index (χ2n) is 5.65. The number of morpholine rings is 1. The molecule has 1 heterocycles. The average molecular weight is 296 g/mol. The number of nitrogen functional groups attached to an aromatic ring is 1. The van der Waals surface area contributed by atoms with Crippen molar-refractivity contribution in [2.24, 2.45) is 0 Å². The lowest BCUT2D eigenvalue weighted by Crippen LogP contribution is -2.46. The molecule has 2 aromatic carbocycles. The van der Waals surface area contributed by atoms with E-state index in [4.69, 9.17) is 10.5 Å². The Morgan fingerprint density at radius 3 is 2.68 bits per heavy atom. The molecule has 0 aliphatic carbocycles. The van der Waals surface area contributed by atoms with E-state index in [1.54, 1.807) is 18.2 Å². The fraction of sp³-hybridized carbons (Fsp3) is 0.278. The largest absolute Gasteiger partial charge is 0.399 e. The van der Waals surface area contributed by atoms with Crippen molar-refractivity contribution in [1.29, 1.82) is 0 Å². The Morgan fingerprint density at radius 1 is 1.18 bits per heavy atom. The molecule has 2 N–H and O–H groups in total. The third-order valence-electron chi connectivity index (χ3n) is 3.95. The molecular formula is C18H20N2O2. The van der Waals surface area contributed by atoms with Gasteiger partial charge in [-0.1, -0.05) is 36.4 Å². The lowest BCUT2D eigenvalue weighted by Gasteiger charge is -2.39. The number of rotatable bonds is 2. The Labute approximate surface area is 130 Å². The number of hydrogen-bond acceptors (Lipinski definition) is 3. The molecule has 2 aromatic rings. The van der Waals surface area contributed by atoms with Crippen LogP contribution in [0.25, 0.3) is 0 Å². The summed E-state index contributed by atoms with van der Waals surface area (Å²) in [5.74, 6) is -0.00342. The van der Waals surface area contributed by atoms with Crippen LogP contribution in [0.1, 0.15) is 28.9 Å². The van der Waals surface area contributed by atoms with Gasteiger partial charge in [0.2, 0.25) is 0 Å². The van der Waals surface area contributed by atoms with E-state index in [9.17, 15) is 4.79 Å². The number of nitrogens with zero attached hydrogens (tertiary/aromatic N) is 1. The van der Waals surface area contributed by atoms with E-state index in [0.717, 1.165) is 5.56 Å². The van der Waals surface area contributed by atoms with Crippen molar-refractivity contribution in [3.05, 3.63) is 65.7 Å². The van der Waals surface area contributed by atoms with Crippen LogP contribution >= 0.6 is 0 Å². The molecule has 114 valence electrons. The molecule has 0 saturated carbocycles. The van der Waals surface area contributed by atoms with Crippen LogP contribution in [0.2, 0.25) is 0 Å². The lowest BCUT2D eigenvalue weighted by atomic mass is 10.0. The normalized spacial score (nSPS) is 21.6. The highest BCUT2D eigenvalue weighted by atomic mass is 16.5. The van der Waals surface area contributed by atoms with Crippen LogP contribution in [-0.2, 0) is 4.74 Å². The zero-order valence-electron chi connectivity index (χ0n) is 12.6. The molecule has 1 fully saturated rings. The molecule has 0 aromatic heterocycles. The predicted molar refractivity (Wildman–Crippen MR) is 86.5 cm³/mol. The Kier molecular flexibility index (Phi) is 4.11. The smallest absolute Gasteiger partial charge is 0.254 e. The fourth-order valence-electron chi connectivity index (χ4n) is 2.82. The summed E-state index contributed by atoms with van der Waals surface area (Å²) < 4.78 is 5.77. The minimum absolute atomic E-state index is 0.00342. The van der Waals surface area contributed by atoms with E-state index < -0.39 is 0 Å². The predicted octanol–water partition coefficient (Wildman–Crippen LogP) is 2.87. The zero-order chi connectivity index (χ0) is 15.5. The van der Waals surface area contributed by atoms with E-state index in [2.05, 4.69) is 0 Å². The van der Waals surface area contributed by atoms with Gasteiger partial charge in [-0.2, -0.15) is 0 Å². The molecular weight excluding hydrogens is 276 g/mol. The highest BCUT2D eigenvalue weighted by Gasteiger charge is 2.32. The molecule has 2 atom stereocenters.